The van der Waals surface area contributed by atoms with Gasteiger partial charge in [-0.2, -0.15) is 5.10 Å². The number of nitrogens with one attached hydrogen (secondary N) is 1. The molecule has 2 atom stereocenters. The Morgan fingerprint density at radius 3 is 2.40 bits per heavy atom. The van der Waals surface area contributed by atoms with Crippen LogP contribution < -0.4 is 10.3 Å². The molecule has 0 saturated heterocycles. The first-order valence-corrected chi connectivity index (χ1v) is 11.1. The highest BCUT2D eigenvalue weighted by atomic mass is 35.5. The van der Waals surface area contributed by atoms with Crippen LogP contribution in [0.4, 0.5) is 10.1 Å². The van der Waals surface area contributed by atoms with Crippen LogP contribution in [0.1, 0.15) is 57.1 Å². The highest BCUT2D eigenvalue weighted by molar-refractivity contribution is 6.40. The quantitative estimate of drug-likeness (QED) is 0.620. The Labute approximate surface area is 182 Å². The summed E-state index contributed by atoms with van der Waals surface area (Å²) in [6.07, 6.45) is 6.80. The predicted octanol–water partition coefficient (Wildman–Crippen LogP) is 5.87. The molecule has 30 heavy (non-hydrogen) atoms. The maximum Gasteiger partial charge on any atom is 0.268 e. The molecule has 0 spiro atoms. The smallest absolute Gasteiger partial charge is 0.268 e. The van der Waals surface area contributed by atoms with Crippen molar-refractivity contribution in [3.8, 4) is 0 Å². The summed E-state index contributed by atoms with van der Waals surface area (Å²) < 4.78 is 13.5. The molecule has 2 aromatic carbocycles. The van der Waals surface area contributed by atoms with Crippen molar-refractivity contribution in [1.82, 2.24) is 5.32 Å². The lowest BCUT2D eigenvalue weighted by atomic mass is 9.90. The summed E-state index contributed by atoms with van der Waals surface area (Å²) in [6, 6.07) is 13.8. The Hall–Kier alpha value is -2.40. The number of benzene rings is 2. The summed E-state index contributed by atoms with van der Waals surface area (Å²) in [5.41, 5.74) is 2.12. The normalized spacial score (nSPS) is 22.5. The molecular weight excluding hydrogens is 401 g/mol. The van der Waals surface area contributed by atoms with Gasteiger partial charge in [-0.05, 0) is 42.7 Å². The van der Waals surface area contributed by atoms with E-state index in [1.165, 1.54) is 25.0 Å². The first kappa shape index (κ1) is 20.9. The fourth-order valence-corrected chi connectivity index (χ4v) is 4.72. The van der Waals surface area contributed by atoms with Gasteiger partial charge >= 0.3 is 0 Å². The van der Waals surface area contributed by atoms with E-state index in [2.05, 4.69) is 5.32 Å². The molecule has 1 N–H and O–H groups in total. The monoisotopic (exact) mass is 427 g/mol. The van der Waals surface area contributed by atoms with Crippen LogP contribution in [0.3, 0.4) is 0 Å². The molecule has 2 aromatic rings. The number of amides is 1. The molecule has 6 heteroatoms. The third kappa shape index (κ3) is 4.36. The molecule has 0 unspecified atom stereocenters. The molecular formula is C24H27ClFN3O. The number of carbonyl (C=O) groups excluding carboxylic acids is 1. The van der Waals surface area contributed by atoms with Gasteiger partial charge in [0.1, 0.15) is 11.5 Å². The van der Waals surface area contributed by atoms with Crippen LogP contribution in [0.25, 0.3) is 0 Å². The van der Waals surface area contributed by atoms with E-state index in [0.717, 1.165) is 36.9 Å². The van der Waals surface area contributed by atoms with E-state index in [0.29, 0.717) is 10.7 Å². The maximum atomic E-state index is 13.5. The van der Waals surface area contributed by atoms with Gasteiger partial charge in [0.15, 0.2) is 0 Å². The van der Waals surface area contributed by atoms with Crippen LogP contribution in [0.5, 0.6) is 0 Å². The fourth-order valence-electron chi connectivity index (χ4n) is 4.50. The molecule has 158 valence electrons. The lowest BCUT2D eigenvalue weighted by Gasteiger charge is -2.27. The number of carbonyl (C=O) groups is 1. The minimum absolute atomic E-state index is 0.115. The summed E-state index contributed by atoms with van der Waals surface area (Å²) in [5, 5.41) is 10.3. The molecule has 1 aliphatic carbocycles. The Morgan fingerprint density at radius 2 is 1.73 bits per heavy atom. The van der Waals surface area contributed by atoms with Crippen LogP contribution in [-0.2, 0) is 4.79 Å². The number of hydrazone groups is 1. The van der Waals surface area contributed by atoms with E-state index < -0.39 is 0 Å². The predicted molar refractivity (Wildman–Crippen MR) is 119 cm³/mol. The van der Waals surface area contributed by atoms with Crippen molar-refractivity contribution >= 4 is 28.9 Å². The first-order valence-electron chi connectivity index (χ1n) is 10.7. The van der Waals surface area contributed by atoms with Gasteiger partial charge in [-0.25, -0.2) is 4.39 Å². The molecule has 1 heterocycles. The molecule has 4 nitrogen and oxygen atoms in total. The summed E-state index contributed by atoms with van der Waals surface area (Å²) in [6.45, 7) is 2.00. The molecule has 1 fully saturated rings. The minimum atomic E-state index is -0.291. The molecule has 1 amide bonds. The van der Waals surface area contributed by atoms with Gasteiger partial charge in [0.05, 0.1) is 16.8 Å². The Bertz CT molecular complexity index is 922. The van der Waals surface area contributed by atoms with Crippen molar-refractivity contribution in [2.24, 2.45) is 11.0 Å². The SMILES string of the molecule is C[C@H]1C(C(=O)NC2CCCCCC2)=NN(c2ccccc2Cl)[C@H]1c1ccc(F)cc1. The van der Waals surface area contributed by atoms with Crippen molar-refractivity contribution in [1.29, 1.82) is 0 Å². The van der Waals surface area contributed by atoms with Gasteiger partial charge < -0.3 is 5.32 Å². The first-order chi connectivity index (χ1) is 14.5. The van der Waals surface area contributed by atoms with Crippen molar-refractivity contribution in [2.75, 3.05) is 5.01 Å². The third-order valence-electron chi connectivity index (χ3n) is 6.12. The topological polar surface area (TPSA) is 44.7 Å². The number of rotatable bonds is 4. The number of hydrogen-bond acceptors (Lipinski definition) is 3. The van der Waals surface area contributed by atoms with Crippen LogP contribution in [0.15, 0.2) is 53.6 Å². The average molecular weight is 428 g/mol. The van der Waals surface area contributed by atoms with Crippen LogP contribution >= 0.6 is 11.6 Å². The van der Waals surface area contributed by atoms with Gasteiger partial charge in [0, 0.05) is 12.0 Å². The highest BCUT2D eigenvalue weighted by Gasteiger charge is 2.40. The molecule has 0 radical (unpaired) electrons. The van der Waals surface area contributed by atoms with Crippen LogP contribution in [0, 0.1) is 11.7 Å². The second-order valence-electron chi connectivity index (χ2n) is 8.23. The third-order valence-corrected chi connectivity index (χ3v) is 6.44. The van der Waals surface area contributed by atoms with Gasteiger partial charge in [0.2, 0.25) is 0 Å². The van der Waals surface area contributed by atoms with E-state index in [4.69, 9.17) is 16.7 Å². The number of halogens is 2. The maximum absolute atomic E-state index is 13.5. The van der Waals surface area contributed by atoms with Crippen molar-refractivity contribution in [2.45, 2.75) is 57.5 Å². The molecule has 2 aliphatic rings. The standard InChI is InChI=1S/C24H27ClFN3O/c1-16-22(24(30)27-19-8-4-2-3-5-9-19)28-29(21-11-7-6-10-20(21)25)23(16)17-12-14-18(26)15-13-17/h6-7,10-16,19,23H,2-5,8-9H2,1H3,(H,27,30)/t16-,23+/m0/s1. The Morgan fingerprint density at radius 1 is 1.07 bits per heavy atom. The van der Waals surface area contributed by atoms with Crippen LogP contribution in [-0.4, -0.2) is 17.7 Å². The molecule has 0 bridgehead atoms. The van der Waals surface area contributed by atoms with E-state index >= 15 is 0 Å². The zero-order valence-corrected chi connectivity index (χ0v) is 17.9. The molecule has 4 rings (SSSR count). The number of nitrogens with zero attached hydrogens (tertiary/aromatic N) is 2. The van der Waals surface area contributed by atoms with E-state index in [9.17, 15) is 9.18 Å². The molecule has 1 saturated carbocycles. The number of hydrogen-bond donors (Lipinski definition) is 1. The van der Waals surface area contributed by atoms with Crippen molar-refractivity contribution in [3.63, 3.8) is 0 Å². The van der Waals surface area contributed by atoms with E-state index in [1.807, 2.05) is 36.2 Å². The van der Waals surface area contributed by atoms with Crippen molar-refractivity contribution in [3.05, 3.63) is 64.9 Å². The van der Waals surface area contributed by atoms with Gasteiger partial charge in [0.25, 0.3) is 5.91 Å². The molecule has 1 aliphatic heterocycles. The minimum Gasteiger partial charge on any atom is -0.348 e. The second kappa shape index (κ2) is 9.17. The fraction of sp³-hybridized carbons (Fsp3) is 0.417. The largest absolute Gasteiger partial charge is 0.348 e. The summed E-state index contributed by atoms with van der Waals surface area (Å²) in [4.78, 5) is 13.2. The zero-order valence-electron chi connectivity index (χ0n) is 17.2. The van der Waals surface area contributed by atoms with Gasteiger partial charge in [-0.3, -0.25) is 9.80 Å². The summed E-state index contributed by atoms with van der Waals surface area (Å²) >= 11 is 6.46. The van der Waals surface area contributed by atoms with E-state index in [1.54, 1.807) is 12.1 Å². The van der Waals surface area contributed by atoms with Crippen LogP contribution in [0.2, 0.25) is 5.02 Å². The number of para-hydroxylation sites is 1. The van der Waals surface area contributed by atoms with Gasteiger partial charge in [-0.15, -0.1) is 0 Å². The van der Waals surface area contributed by atoms with E-state index in [-0.39, 0.29) is 29.7 Å². The Balaban J connectivity index is 1.65. The highest BCUT2D eigenvalue weighted by Crippen LogP contribution is 2.41. The average Bonchev–Trinajstić information content (AvgIpc) is 2.89. The summed E-state index contributed by atoms with van der Waals surface area (Å²) in [7, 11) is 0. The lowest BCUT2D eigenvalue weighted by molar-refractivity contribution is -0.115. The van der Waals surface area contributed by atoms with Gasteiger partial charge in [-0.1, -0.05) is 68.5 Å². The summed E-state index contributed by atoms with van der Waals surface area (Å²) in [5.74, 6) is -0.575. The second-order valence-corrected chi connectivity index (χ2v) is 8.64. The number of anilines is 1. The zero-order chi connectivity index (χ0) is 21.1. The Kier molecular flexibility index (Phi) is 6.38. The van der Waals surface area contributed by atoms with Crippen molar-refractivity contribution < 1.29 is 9.18 Å². The molecule has 0 aromatic heterocycles. The lowest BCUT2D eigenvalue weighted by Crippen LogP contribution is -2.40.